The maximum atomic E-state index is 12.3. The van der Waals surface area contributed by atoms with Crippen molar-refractivity contribution in [2.24, 2.45) is 0 Å². The molecule has 1 aliphatic heterocycles. The Hall–Kier alpha value is -2.17. The minimum atomic E-state index is -0.394. The summed E-state index contributed by atoms with van der Waals surface area (Å²) < 4.78 is 11.9. The number of carbonyl (C=O) groups excluding carboxylic acids is 2. The van der Waals surface area contributed by atoms with E-state index in [1.54, 1.807) is 24.3 Å². The molecule has 1 heterocycles. The third-order valence-electron chi connectivity index (χ3n) is 3.10. The van der Waals surface area contributed by atoms with Gasteiger partial charge in [-0.05, 0) is 58.4 Å². The summed E-state index contributed by atoms with van der Waals surface area (Å²) in [7, 11) is 0. The molecule has 1 aliphatic rings. The molecule has 130 valence electrons. The van der Waals surface area contributed by atoms with E-state index in [1.165, 1.54) is 0 Å². The van der Waals surface area contributed by atoms with Crippen LogP contribution in [0.15, 0.2) is 34.2 Å². The summed E-state index contributed by atoms with van der Waals surface area (Å²) in [5.41, 5.74) is 0.701. The molecule has 1 saturated heterocycles. The van der Waals surface area contributed by atoms with Gasteiger partial charge >= 0.3 is 0 Å². The monoisotopic (exact) mass is 421 g/mol. The number of rotatable bonds is 7. The second kappa shape index (κ2) is 8.79. The smallest absolute Gasteiger partial charge is 0.294 e. The Bertz CT molecular complexity index is 782. The van der Waals surface area contributed by atoms with Gasteiger partial charge in [0.1, 0.15) is 6.61 Å². The van der Waals surface area contributed by atoms with Gasteiger partial charge < -0.3 is 9.47 Å². The van der Waals surface area contributed by atoms with Crippen molar-refractivity contribution < 1.29 is 19.1 Å². The SMILES string of the molecule is C#CCN1C(=O)S/C(=C\c2cc(Br)c(OCC=C)c(OCC)c2)C1=O. The number of hydrogen-bond donors (Lipinski definition) is 0. The maximum absolute atomic E-state index is 12.3. The zero-order valence-corrected chi connectivity index (χ0v) is 16.0. The molecule has 0 spiro atoms. The van der Waals surface area contributed by atoms with Gasteiger partial charge in [-0.15, -0.1) is 6.42 Å². The lowest BCUT2D eigenvalue weighted by Crippen LogP contribution is -2.28. The highest BCUT2D eigenvalue weighted by atomic mass is 79.9. The van der Waals surface area contributed by atoms with Crippen LogP contribution in [-0.2, 0) is 4.79 Å². The van der Waals surface area contributed by atoms with Crippen molar-refractivity contribution in [2.75, 3.05) is 19.8 Å². The van der Waals surface area contributed by atoms with E-state index in [0.29, 0.717) is 39.7 Å². The number of imide groups is 1. The molecule has 0 bridgehead atoms. The second-order valence-corrected chi connectivity index (χ2v) is 6.68. The number of thioether (sulfide) groups is 1. The van der Waals surface area contributed by atoms with Gasteiger partial charge in [0.2, 0.25) is 0 Å². The summed E-state index contributed by atoms with van der Waals surface area (Å²) in [6.45, 7) is 6.24. The largest absolute Gasteiger partial charge is 0.490 e. The third kappa shape index (κ3) is 4.47. The van der Waals surface area contributed by atoms with Crippen molar-refractivity contribution in [1.29, 1.82) is 0 Å². The molecule has 2 rings (SSSR count). The van der Waals surface area contributed by atoms with E-state index < -0.39 is 5.91 Å². The number of benzene rings is 1. The molecule has 0 unspecified atom stereocenters. The van der Waals surface area contributed by atoms with Crippen molar-refractivity contribution in [1.82, 2.24) is 4.90 Å². The van der Waals surface area contributed by atoms with Crippen molar-refractivity contribution in [3.05, 3.63) is 39.7 Å². The summed E-state index contributed by atoms with van der Waals surface area (Å²) >= 11 is 4.31. The molecule has 25 heavy (non-hydrogen) atoms. The molecule has 0 saturated carbocycles. The van der Waals surface area contributed by atoms with E-state index in [9.17, 15) is 9.59 Å². The Kier molecular flexibility index (Phi) is 6.73. The van der Waals surface area contributed by atoms with Crippen LogP contribution in [0.25, 0.3) is 6.08 Å². The predicted molar refractivity (Wildman–Crippen MR) is 103 cm³/mol. The topological polar surface area (TPSA) is 55.8 Å². The number of carbonyl (C=O) groups is 2. The van der Waals surface area contributed by atoms with Crippen LogP contribution in [0, 0.1) is 12.3 Å². The molecular weight excluding hydrogens is 406 g/mol. The van der Waals surface area contributed by atoms with Crippen molar-refractivity contribution >= 4 is 44.9 Å². The summed E-state index contributed by atoms with van der Waals surface area (Å²) in [6, 6.07) is 3.54. The number of ether oxygens (including phenoxy) is 2. The fraction of sp³-hybridized carbons (Fsp3) is 0.222. The quantitative estimate of drug-likeness (QED) is 0.377. The first-order valence-electron chi connectivity index (χ1n) is 7.40. The van der Waals surface area contributed by atoms with Crippen molar-refractivity contribution in [3.8, 4) is 23.8 Å². The molecule has 2 amide bonds. The maximum Gasteiger partial charge on any atom is 0.294 e. The predicted octanol–water partition coefficient (Wildman–Crippen LogP) is 4.08. The van der Waals surface area contributed by atoms with Gasteiger partial charge in [-0.3, -0.25) is 14.5 Å². The van der Waals surface area contributed by atoms with Crippen LogP contribution in [0.2, 0.25) is 0 Å². The molecule has 1 fully saturated rings. The lowest BCUT2D eigenvalue weighted by Gasteiger charge is -2.13. The van der Waals surface area contributed by atoms with Gasteiger partial charge in [0.05, 0.1) is 22.5 Å². The van der Waals surface area contributed by atoms with Gasteiger partial charge in [-0.2, -0.15) is 0 Å². The molecule has 0 aliphatic carbocycles. The zero-order chi connectivity index (χ0) is 18.4. The molecule has 0 atom stereocenters. The van der Waals surface area contributed by atoms with Crippen LogP contribution in [-0.4, -0.2) is 35.8 Å². The summed E-state index contributed by atoms with van der Waals surface area (Å²) in [5.74, 6) is 3.00. The van der Waals surface area contributed by atoms with Crippen LogP contribution in [0.4, 0.5) is 4.79 Å². The van der Waals surface area contributed by atoms with Crippen molar-refractivity contribution in [3.63, 3.8) is 0 Å². The second-order valence-electron chi connectivity index (χ2n) is 4.83. The average molecular weight is 422 g/mol. The lowest BCUT2D eigenvalue weighted by atomic mass is 10.2. The minimum Gasteiger partial charge on any atom is -0.490 e. The highest BCUT2D eigenvalue weighted by molar-refractivity contribution is 9.10. The van der Waals surface area contributed by atoms with Crippen LogP contribution >= 0.6 is 27.7 Å². The molecule has 0 radical (unpaired) electrons. The third-order valence-corrected chi connectivity index (χ3v) is 4.59. The van der Waals surface area contributed by atoms with E-state index in [2.05, 4.69) is 28.4 Å². The standard InChI is InChI=1S/C18H16BrNO4S/c1-4-7-20-17(21)15(25-18(20)22)11-12-9-13(19)16(24-8-5-2)14(10-12)23-6-3/h1,5,9-11H,2,6-8H2,3H3/b15-11-. The molecule has 0 aromatic heterocycles. The Balaban J connectivity index is 2.37. The van der Waals surface area contributed by atoms with Gasteiger partial charge in [0.25, 0.3) is 11.1 Å². The number of terminal acetylenes is 1. The van der Waals surface area contributed by atoms with E-state index in [4.69, 9.17) is 15.9 Å². The number of nitrogens with zero attached hydrogens (tertiary/aromatic N) is 1. The van der Waals surface area contributed by atoms with Gasteiger partial charge in [0.15, 0.2) is 11.5 Å². The zero-order valence-electron chi connectivity index (χ0n) is 13.6. The summed E-state index contributed by atoms with van der Waals surface area (Å²) in [6.07, 6.45) is 8.46. The first kappa shape index (κ1) is 19.2. The van der Waals surface area contributed by atoms with Crippen LogP contribution in [0.5, 0.6) is 11.5 Å². The van der Waals surface area contributed by atoms with E-state index >= 15 is 0 Å². The van der Waals surface area contributed by atoms with E-state index in [0.717, 1.165) is 16.7 Å². The lowest BCUT2D eigenvalue weighted by molar-refractivity contribution is -0.122. The fourth-order valence-corrected chi connectivity index (χ4v) is 3.51. The van der Waals surface area contributed by atoms with Crippen LogP contribution < -0.4 is 9.47 Å². The molecule has 0 N–H and O–H groups in total. The molecule has 7 heteroatoms. The Labute approximate surface area is 159 Å². The highest BCUT2D eigenvalue weighted by Crippen LogP contribution is 2.39. The van der Waals surface area contributed by atoms with Crippen LogP contribution in [0.1, 0.15) is 12.5 Å². The number of halogens is 1. The summed E-state index contributed by atoms with van der Waals surface area (Å²) in [4.78, 5) is 25.5. The minimum absolute atomic E-state index is 0.0375. The Morgan fingerprint density at radius 1 is 1.40 bits per heavy atom. The molecule has 5 nitrogen and oxygen atoms in total. The van der Waals surface area contributed by atoms with Crippen molar-refractivity contribution in [2.45, 2.75) is 6.92 Å². The Morgan fingerprint density at radius 3 is 2.80 bits per heavy atom. The molecular formula is C18H16BrNO4S. The molecule has 1 aromatic carbocycles. The first-order chi connectivity index (χ1) is 12.0. The van der Waals surface area contributed by atoms with Gasteiger partial charge in [-0.1, -0.05) is 18.6 Å². The van der Waals surface area contributed by atoms with Gasteiger partial charge in [0, 0.05) is 0 Å². The van der Waals surface area contributed by atoms with E-state index in [1.807, 2.05) is 6.92 Å². The normalized spacial score (nSPS) is 15.4. The number of hydrogen-bond acceptors (Lipinski definition) is 5. The summed E-state index contributed by atoms with van der Waals surface area (Å²) in [5, 5.41) is -0.371. The number of amides is 2. The first-order valence-corrected chi connectivity index (χ1v) is 9.01. The highest BCUT2D eigenvalue weighted by Gasteiger charge is 2.34. The average Bonchev–Trinajstić information content (AvgIpc) is 2.82. The molecule has 1 aromatic rings. The van der Waals surface area contributed by atoms with Crippen LogP contribution in [0.3, 0.4) is 0 Å². The fourth-order valence-electron chi connectivity index (χ4n) is 2.10. The van der Waals surface area contributed by atoms with Gasteiger partial charge in [-0.25, -0.2) is 0 Å². The van der Waals surface area contributed by atoms with E-state index in [-0.39, 0.29) is 11.8 Å². The Morgan fingerprint density at radius 2 is 2.16 bits per heavy atom.